The Morgan fingerprint density at radius 3 is 2.44 bits per heavy atom. The van der Waals surface area contributed by atoms with Crippen LogP contribution in [0.25, 0.3) is 0 Å². The Morgan fingerprint density at radius 1 is 1.08 bits per heavy atom. The zero-order chi connectivity index (χ0) is 17.9. The average molecular weight is 352 g/mol. The smallest absolute Gasteiger partial charge is 0.433 e. The maximum absolute atomic E-state index is 12.6. The van der Waals surface area contributed by atoms with E-state index in [0.717, 1.165) is 44.5 Å². The number of halogens is 3. The fraction of sp³-hybridized carbons (Fsp3) is 0.412. The van der Waals surface area contributed by atoms with Crippen molar-refractivity contribution in [2.24, 2.45) is 0 Å². The summed E-state index contributed by atoms with van der Waals surface area (Å²) >= 11 is 0. The fourth-order valence-corrected chi connectivity index (χ4v) is 2.79. The van der Waals surface area contributed by atoms with Crippen molar-refractivity contribution < 1.29 is 17.9 Å². The third kappa shape index (κ3) is 4.39. The van der Waals surface area contributed by atoms with E-state index in [-0.39, 0.29) is 0 Å². The van der Waals surface area contributed by atoms with Crippen molar-refractivity contribution in [3.63, 3.8) is 0 Å². The molecule has 0 saturated carbocycles. The number of anilines is 1. The number of hydrogen-bond acceptors (Lipinski definition) is 5. The molecule has 5 nitrogen and oxygen atoms in total. The van der Waals surface area contributed by atoms with Crippen LogP contribution in [0.5, 0.6) is 5.88 Å². The molecule has 25 heavy (non-hydrogen) atoms. The first-order valence-electron chi connectivity index (χ1n) is 7.96. The van der Waals surface area contributed by atoms with Gasteiger partial charge < -0.3 is 9.64 Å². The molecular weight excluding hydrogens is 333 g/mol. The van der Waals surface area contributed by atoms with Crippen LogP contribution in [0.2, 0.25) is 0 Å². The van der Waals surface area contributed by atoms with Crippen molar-refractivity contribution in [1.82, 2.24) is 14.9 Å². The van der Waals surface area contributed by atoms with Crippen LogP contribution in [0, 0.1) is 0 Å². The molecule has 0 unspecified atom stereocenters. The lowest BCUT2D eigenvalue weighted by Crippen LogP contribution is -2.46. The molecular formula is C17H19F3N4O. The van der Waals surface area contributed by atoms with Crippen LogP contribution in [-0.2, 0) is 12.7 Å². The number of methoxy groups -OCH3 is 1. The highest BCUT2D eigenvalue weighted by Gasteiger charge is 2.32. The Bertz CT molecular complexity index is 698. The van der Waals surface area contributed by atoms with E-state index in [4.69, 9.17) is 4.74 Å². The number of hydrogen-bond donors (Lipinski definition) is 0. The van der Waals surface area contributed by atoms with E-state index >= 15 is 0 Å². The van der Waals surface area contributed by atoms with Gasteiger partial charge in [-0.3, -0.25) is 4.90 Å². The molecule has 2 aromatic heterocycles. The molecule has 0 N–H and O–H groups in total. The first-order valence-corrected chi connectivity index (χ1v) is 7.96. The second-order valence-corrected chi connectivity index (χ2v) is 5.83. The lowest BCUT2D eigenvalue weighted by molar-refractivity contribution is -0.141. The highest BCUT2D eigenvalue weighted by Crippen LogP contribution is 2.28. The van der Waals surface area contributed by atoms with E-state index in [0.29, 0.717) is 11.6 Å². The lowest BCUT2D eigenvalue weighted by atomic mass is 10.2. The third-order valence-electron chi connectivity index (χ3n) is 4.15. The summed E-state index contributed by atoms with van der Waals surface area (Å²) < 4.78 is 42.9. The van der Waals surface area contributed by atoms with Crippen molar-refractivity contribution in [2.75, 3.05) is 38.2 Å². The summed E-state index contributed by atoms with van der Waals surface area (Å²) in [7, 11) is 1.59. The molecule has 1 aliphatic rings. The molecule has 3 heterocycles. The molecule has 134 valence electrons. The maximum Gasteiger partial charge on any atom is 0.433 e. The largest absolute Gasteiger partial charge is 0.481 e. The number of nitrogens with zero attached hydrogens (tertiary/aromatic N) is 4. The SMILES string of the molecule is COc1cccc(CN2CCN(c3ccc(C(F)(F)F)nc3)CC2)n1. The number of ether oxygens (including phenoxy) is 1. The van der Waals surface area contributed by atoms with Crippen LogP contribution in [0.4, 0.5) is 18.9 Å². The van der Waals surface area contributed by atoms with Crippen molar-refractivity contribution in [3.05, 3.63) is 47.9 Å². The van der Waals surface area contributed by atoms with Gasteiger partial charge in [0, 0.05) is 38.8 Å². The molecule has 2 aromatic rings. The fourth-order valence-electron chi connectivity index (χ4n) is 2.79. The zero-order valence-corrected chi connectivity index (χ0v) is 13.8. The first-order chi connectivity index (χ1) is 12.0. The second kappa shape index (κ2) is 7.26. The predicted octanol–water partition coefficient (Wildman–Crippen LogP) is 2.83. The summed E-state index contributed by atoms with van der Waals surface area (Å²) in [4.78, 5) is 12.2. The monoisotopic (exact) mass is 352 g/mol. The lowest BCUT2D eigenvalue weighted by Gasteiger charge is -2.35. The minimum atomic E-state index is -4.40. The standard InChI is InChI=1S/C17H19F3N4O/c1-25-16-4-2-3-13(22-16)12-23-7-9-24(10-8-23)14-5-6-15(21-11-14)17(18,19)20/h2-6,11H,7-10,12H2,1H3. The molecule has 0 radical (unpaired) electrons. The van der Waals surface area contributed by atoms with Gasteiger partial charge in [0.25, 0.3) is 0 Å². The number of pyridine rings is 2. The van der Waals surface area contributed by atoms with Crippen LogP contribution in [0.1, 0.15) is 11.4 Å². The van der Waals surface area contributed by atoms with Gasteiger partial charge in [-0.05, 0) is 18.2 Å². The summed E-state index contributed by atoms with van der Waals surface area (Å²) in [5.74, 6) is 0.590. The molecule has 0 bridgehead atoms. The molecule has 8 heteroatoms. The average Bonchev–Trinajstić information content (AvgIpc) is 2.62. The number of piperazine rings is 1. The molecule has 3 rings (SSSR count). The molecule has 0 aromatic carbocycles. The van der Waals surface area contributed by atoms with Gasteiger partial charge in [0.05, 0.1) is 24.7 Å². The minimum Gasteiger partial charge on any atom is -0.481 e. The second-order valence-electron chi connectivity index (χ2n) is 5.83. The molecule has 1 saturated heterocycles. The molecule has 0 atom stereocenters. The van der Waals surface area contributed by atoms with E-state index in [1.807, 2.05) is 17.0 Å². The van der Waals surface area contributed by atoms with Gasteiger partial charge in [-0.25, -0.2) is 9.97 Å². The highest BCUT2D eigenvalue weighted by molar-refractivity contribution is 5.45. The van der Waals surface area contributed by atoms with Crippen LogP contribution < -0.4 is 9.64 Å². The van der Waals surface area contributed by atoms with Crippen LogP contribution in [0.3, 0.4) is 0 Å². The van der Waals surface area contributed by atoms with Gasteiger partial charge in [-0.2, -0.15) is 13.2 Å². The maximum atomic E-state index is 12.6. The molecule has 1 fully saturated rings. The molecule has 0 amide bonds. The van der Waals surface area contributed by atoms with E-state index in [2.05, 4.69) is 14.9 Å². The van der Waals surface area contributed by atoms with Crippen molar-refractivity contribution in [3.8, 4) is 5.88 Å². The van der Waals surface area contributed by atoms with Crippen molar-refractivity contribution in [1.29, 1.82) is 0 Å². The Labute approximate surface area is 144 Å². The number of aromatic nitrogens is 2. The van der Waals surface area contributed by atoms with Crippen LogP contribution >= 0.6 is 0 Å². The van der Waals surface area contributed by atoms with E-state index in [1.165, 1.54) is 12.3 Å². The first kappa shape index (κ1) is 17.5. The summed E-state index contributed by atoms with van der Waals surface area (Å²) in [6.45, 7) is 3.80. The van der Waals surface area contributed by atoms with Crippen molar-refractivity contribution in [2.45, 2.75) is 12.7 Å². The topological polar surface area (TPSA) is 41.5 Å². The Morgan fingerprint density at radius 2 is 1.84 bits per heavy atom. The van der Waals surface area contributed by atoms with E-state index in [9.17, 15) is 13.2 Å². The third-order valence-corrected chi connectivity index (χ3v) is 4.15. The highest BCUT2D eigenvalue weighted by atomic mass is 19.4. The van der Waals surface area contributed by atoms with Gasteiger partial charge in [0.15, 0.2) is 0 Å². The minimum absolute atomic E-state index is 0.590. The number of alkyl halides is 3. The van der Waals surface area contributed by atoms with Gasteiger partial charge in [-0.1, -0.05) is 6.07 Å². The van der Waals surface area contributed by atoms with E-state index in [1.54, 1.807) is 13.2 Å². The summed E-state index contributed by atoms with van der Waals surface area (Å²) in [6, 6.07) is 8.18. The molecule has 0 spiro atoms. The summed E-state index contributed by atoms with van der Waals surface area (Å²) in [5.41, 5.74) is 0.787. The van der Waals surface area contributed by atoms with Crippen molar-refractivity contribution >= 4 is 5.69 Å². The zero-order valence-electron chi connectivity index (χ0n) is 13.8. The van der Waals surface area contributed by atoms with Gasteiger partial charge in [0.1, 0.15) is 5.69 Å². The van der Waals surface area contributed by atoms with Gasteiger partial charge >= 0.3 is 6.18 Å². The molecule has 1 aliphatic heterocycles. The Hall–Kier alpha value is -2.35. The quantitative estimate of drug-likeness (QED) is 0.846. The van der Waals surface area contributed by atoms with Gasteiger partial charge in [-0.15, -0.1) is 0 Å². The van der Waals surface area contributed by atoms with E-state index < -0.39 is 11.9 Å². The summed E-state index contributed by atoms with van der Waals surface area (Å²) in [6.07, 6.45) is -3.11. The number of rotatable bonds is 4. The summed E-state index contributed by atoms with van der Waals surface area (Å²) in [5, 5.41) is 0. The Balaban J connectivity index is 1.56. The van der Waals surface area contributed by atoms with Gasteiger partial charge in [0.2, 0.25) is 5.88 Å². The Kier molecular flexibility index (Phi) is 5.08. The van der Waals surface area contributed by atoms with Crippen LogP contribution in [0.15, 0.2) is 36.5 Å². The normalized spacial score (nSPS) is 16.1. The van der Waals surface area contributed by atoms with Crippen LogP contribution in [-0.4, -0.2) is 48.2 Å². The predicted molar refractivity (Wildman–Crippen MR) is 87.5 cm³/mol. The molecule has 0 aliphatic carbocycles.